The molecule has 4 saturated carbocycles. The van der Waals surface area contributed by atoms with Crippen molar-refractivity contribution in [2.75, 3.05) is 5.32 Å². The van der Waals surface area contributed by atoms with Gasteiger partial charge >= 0.3 is 0 Å². The Morgan fingerprint density at radius 3 is 2.59 bits per heavy atom. The van der Waals surface area contributed by atoms with Gasteiger partial charge in [-0.3, -0.25) is 9.48 Å². The van der Waals surface area contributed by atoms with Crippen LogP contribution in [0.2, 0.25) is 5.28 Å². The smallest absolute Gasteiger partial charge is 0.242 e. The first-order chi connectivity index (χ1) is 16.3. The summed E-state index contributed by atoms with van der Waals surface area (Å²) < 4.78 is 3.96. The second-order valence-electron chi connectivity index (χ2n) is 11.1. The summed E-state index contributed by atoms with van der Waals surface area (Å²) in [6.45, 7) is 6.81. The number of aromatic nitrogens is 5. The summed E-state index contributed by atoms with van der Waals surface area (Å²) >= 11 is 6.08. The van der Waals surface area contributed by atoms with E-state index in [2.05, 4.69) is 46.6 Å². The zero-order valence-corrected chi connectivity index (χ0v) is 20.8. The van der Waals surface area contributed by atoms with Gasteiger partial charge in [0.25, 0.3) is 0 Å². The highest BCUT2D eigenvalue weighted by Gasteiger charge is 2.61. The maximum Gasteiger partial charge on any atom is 0.242 e. The Hall–Kier alpha value is -2.67. The van der Waals surface area contributed by atoms with Crippen LogP contribution in [0.4, 0.5) is 5.69 Å². The summed E-state index contributed by atoms with van der Waals surface area (Å²) in [4.78, 5) is 18.1. The summed E-state index contributed by atoms with van der Waals surface area (Å²) in [7, 11) is 0. The van der Waals surface area contributed by atoms with Crippen LogP contribution in [0.3, 0.4) is 0 Å². The van der Waals surface area contributed by atoms with Crippen LogP contribution in [0.15, 0.2) is 30.6 Å². The summed E-state index contributed by atoms with van der Waals surface area (Å²) in [6, 6.07) is 8.47. The third kappa shape index (κ3) is 3.47. The number of rotatable bonds is 5. The standard InChI is InChI=1S/C26H31ClN6O/c1-16-5-4-6-19(7-16)13-32-18(3)22(17(2)30-32)29-23(34)25-9-20-8-21(10-25)12-26(11-20,14-25)33-15-28-24(27)31-33/h4-7,15,20-21H,8-14H2,1-3H3,(H,29,34). The molecule has 2 atom stereocenters. The fraction of sp³-hybridized carbons (Fsp3) is 0.538. The number of nitrogens with one attached hydrogen (secondary N) is 1. The number of carbonyl (C=O) groups excluding carboxylic acids is 1. The maximum absolute atomic E-state index is 13.9. The fourth-order valence-corrected chi connectivity index (χ4v) is 7.61. The molecule has 0 aliphatic heterocycles. The molecule has 1 amide bonds. The highest BCUT2D eigenvalue weighted by Crippen LogP contribution is 2.64. The molecule has 4 aliphatic rings. The van der Waals surface area contributed by atoms with Gasteiger partial charge in [0, 0.05) is 0 Å². The first-order valence-electron chi connectivity index (χ1n) is 12.2. The van der Waals surface area contributed by atoms with Crippen molar-refractivity contribution in [3.63, 3.8) is 0 Å². The molecule has 178 valence electrons. The van der Waals surface area contributed by atoms with Crippen molar-refractivity contribution in [2.24, 2.45) is 17.3 Å². The van der Waals surface area contributed by atoms with E-state index in [-0.39, 0.29) is 22.1 Å². The molecule has 2 heterocycles. The van der Waals surface area contributed by atoms with E-state index >= 15 is 0 Å². The molecule has 34 heavy (non-hydrogen) atoms. The summed E-state index contributed by atoms with van der Waals surface area (Å²) in [5.74, 6) is 1.22. The highest BCUT2D eigenvalue weighted by atomic mass is 35.5. The minimum absolute atomic E-state index is 0.137. The molecule has 1 aromatic carbocycles. The van der Waals surface area contributed by atoms with Crippen molar-refractivity contribution in [2.45, 2.75) is 71.4 Å². The Labute approximate surface area is 204 Å². The first kappa shape index (κ1) is 21.8. The van der Waals surface area contributed by atoms with E-state index in [1.807, 2.05) is 23.2 Å². The first-order valence-corrected chi connectivity index (χ1v) is 12.6. The molecule has 4 aliphatic carbocycles. The molecule has 8 heteroatoms. The number of nitrogens with zero attached hydrogens (tertiary/aromatic N) is 5. The van der Waals surface area contributed by atoms with Gasteiger partial charge in [0.2, 0.25) is 11.2 Å². The second-order valence-corrected chi connectivity index (χ2v) is 11.4. The molecular weight excluding hydrogens is 448 g/mol. The summed E-state index contributed by atoms with van der Waals surface area (Å²) in [5.41, 5.74) is 4.62. The molecule has 7 nitrogen and oxygen atoms in total. The lowest BCUT2D eigenvalue weighted by molar-refractivity contribution is -0.150. The molecule has 3 aromatic rings. The van der Waals surface area contributed by atoms with Crippen molar-refractivity contribution >= 4 is 23.2 Å². The van der Waals surface area contributed by atoms with Gasteiger partial charge in [0.15, 0.2) is 0 Å². The van der Waals surface area contributed by atoms with Gasteiger partial charge in [-0.25, -0.2) is 9.67 Å². The van der Waals surface area contributed by atoms with E-state index in [1.54, 1.807) is 6.33 Å². The highest BCUT2D eigenvalue weighted by molar-refractivity contribution is 6.28. The average Bonchev–Trinajstić information content (AvgIpc) is 3.32. The Kier molecular flexibility index (Phi) is 4.93. The SMILES string of the molecule is Cc1cccc(Cn2nc(C)c(NC(=O)C34CC5CC(C3)CC(n3cnc(Cl)n3)(C5)C4)c2C)c1. The summed E-state index contributed by atoms with van der Waals surface area (Å²) in [5, 5.41) is 12.9. The lowest BCUT2D eigenvalue weighted by Crippen LogP contribution is -2.60. The van der Waals surface area contributed by atoms with E-state index in [0.717, 1.165) is 49.2 Å². The van der Waals surface area contributed by atoms with Gasteiger partial charge in [0.1, 0.15) is 6.33 Å². The minimum Gasteiger partial charge on any atom is -0.322 e. The molecule has 0 radical (unpaired) electrons. The molecule has 4 fully saturated rings. The third-order valence-corrected chi connectivity index (χ3v) is 8.67. The Morgan fingerprint density at radius 2 is 1.91 bits per heavy atom. The summed E-state index contributed by atoms with van der Waals surface area (Å²) in [6.07, 6.45) is 7.80. The van der Waals surface area contributed by atoms with E-state index in [9.17, 15) is 4.79 Å². The molecule has 2 unspecified atom stereocenters. The van der Waals surface area contributed by atoms with Crippen molar-refractivity contribution in [1.29, 1.82) is 0 Å². The maximum atomic E-state index is 13.9. The Morgan fingerprint density at radius 1 is 1.15 bits per heavy atom. The van der Waals surface area contributed by atoms with Crippen molar-refractivity contribution < 1.29 is 4.79 Å². The van der Waals surface area contributed by atoms with Crippen LogP contribution in [0.25, 0.3) is 0 Å². The van der Waals surface area contributed by atoms with Crippen LogP contribution >= 0.6 is 11.6 Å². The topological polar surface area (TPSA) is 77.6 Å². The molecule has 0 saturated heterocycles. The van der Waals surface area contributed by atoms with Crippen molar-refractivity contribution in [1.82, 2.24) is 24.5 Å². The fourth-order valence-electron chi connectivity index (χ4n) is 7.48. The van der Waals surface area contributed by atoms with Gasteiger partial charge in [-0.15, -0.1) is 5.10 Å². The van der Waals surface area contributed by atoms with Crippen LogP contribution in [0, 0.1) is 38.0 Å². The largest absolute Gasteiger partial charge is 0.322 e. The molecule has 2 aromatic heterocycles. The number of hydrogen-bond donors (Lipinski definition) is 1. The molecule has 4 bridgehead atoms. The van der Waals surface area contributed by atoms with Gasteiger partial charge < -0.3 is 5.32 Å². The number of halogens is 1. The van der Waals surface area contributed by atoms with Crippen LogP contribution in [0.5, 0.6) is 0 Å². The van der Waals surface area contributed by atoms with E-state index < -0.39 is 0 Å². The molecular formula is C26H31ClN6O. The van der Waals surface area contributed by atoms with Gasteiger partial charge in [-0.1, -0.05) is 29.8 Å². The van der Waals surface area contributed by atoms with E-state index in [4.69, 9.17) is 16.7 Å². The third-order valence-electron chi connectivity index (χ3n) is 8.50. The zero-order valence-electron chi connectivity index (χ0n) is 20.0. The number of hydrogen-bond acceptors (Lipinski definition) is 4. The second kappa shape index (κ2) is 7.67. The lowest BCUT2D eigenvalue weighted by atomic mass is 9.46. The van der Waals surface area contributed by atoms with Crippen molar-refractivity contribution in [3.05, 3.63) is 58.4 Å². The van der Waals surface area contributed by atoms with Crippen LogP contribution in [-0.4, -0.2) is 30.5 Å². The van der Waals surface area contributed by atoms with E-state index in [0.29, 0.717) is 18.4 Å². The number of aryl methyl sites for hydroxylation is 2. The van der Waals surface area contributed by atoms with Gasteiger partial charge in [-0.05, 0) is 88.3 Å². The molecule has 1 N–H and O–H groups in total. The molecule has 7 rings (SSSR count). The number of amides is 1. The van der Waals surface area contributed by atoms with Crippen molar-refractivity contribution in [3.8, 4) is 0 Å². The number of anilines is 1. The monoisotopic (exact) mass is 478 g/mol. The Bertz CT molecular complexity index is 1260. The predicted molar refractivity (Wildman–Crippen MR) is 131 cm³/mol. The molecule has 0 spiro atoms. The quantitative estimate of drug-likeness (QED) is 0.557. The zero-order chi connectivity index (χ0) is 23.7. The van der Waals surface area contributed by atoms with Gasteiger partial charge in [0.05, 0.1) is 34.6 Å². The normalized spacial score (nSPS) is 29.5. The lowest BCUT2D eigenvalue weighted by Gasteiger charge is -2.60. The van der Waals surface area contributed by atoms with Crippen LogP contribution in [-0.2, 0) is 16.9 Å². The van der Waals surface area contributed by atoms with Gasteiger partial charge in [-0.2, -0.15) is 5.10 Å². The average molecular weight is 479 g/mol. The minimum atomic E-state index is -0.375. The predicted octanol–water partition coefficient (Wildman–Crippen LogP) is 5.04. The number of benzene rings is 1. The van der Waals surface area contributed by atoms with Crippen LogP contribution in [0.1, 0.15) is 61.0 Å². The number of carbonyl (C=O) groups is 1. The Balaban J connectivity index is 1.27. The van der Waals surface area contributed by atoms with E-state index in [1.165, 1.54) is 17.5 Å². The van der Waals surface area contributed by atoms with Crippen LogP contribution < -0.4 is 5.32 Å².